The number of anilines is 1. The first-order chi connectivity index (χ1) is 11.3. The van der Waals surface area contributed by atoms with E-state index >= 15 is 0 Å². The molecule has 0 radical (unpaired) electrons. The van der Waals surface area contributed by atoms with Crippen molar-refractivity contribution in [2.45, 2.75) is 19.3 Å². The Bertz CT molecular complexity index is 637. The van der Waals surface area contributed by atoms with E-state index in [0.29, 0.717) is 12.3 Å². The quantitative estimate of drug-likeness (QED) is 0.910. The van der Waals surface area contributed by atoms with Gasteiger partial charge in [-0.3, -0.25) is 9.69 Å². The van der Waals surface area contributed by atoms with Crippen molar-refractivity contribution in [3.8, 4) is 11.5 Å². The lowest BCUT2D eigenvalue weighted by atomic mass is 10.1. The molecule has 0 aliphatic carbocycles. The predicted molar refractivity (Wildman–Crippen MR) is 91.9 cm³/mol. The molecule has 4 heteroatoms. The molecule has 2 aromatic rings. The number of carbonyl (C=O) groups is 1. The molecule has 3 rings (SSSR count). The van der Waals surface area contributed by atoms with E-state index in [4.69, 9.17) is 4.74 Å². The molecule has 4 nitrogen and oxygen atoms in total. The molecule has 1 N–H and O–H groups in total. The Morgan fingerprint density at radius 3 is 2.48 bits per heavy atom. The number of amides is 1. The standard InChI is InChI=1S/C19H22N2O2/c22-19(15-21-12-5-2-6-13-21)20-16-8-7-11-18(14-16)23-17-9-3-1-4-10-17/h1,3-4,7-11,14H,2,5-6,12-13,15H2,(H,20,22). The average Bonchev–Trinajstić information content (AvgIpc) is 2.57. The second-order valence-corrected chi connectivity index (χ2v) is 5.83. The van der Waals surface area contributed by atoms with Crippen LogP contribution in [0.1, 0.15) is 19.3 Å². The number of hydrogen-bond donors (Lipinski definition) is 1. The zero-order valence-corrected chi connectivity index (χ0v) is 13.2. The lowest BCUT2D eigenvalue weighted by molar-refractivity contribution is -0.117. The van der Waals surface area contributed by atoms with Crippen LogP contribution in [0.15, 0.2) is 54.6 Å². The number of nitrogens with one attached hydrogen (secondary N) is 1. The monoisotopic (exact) mass is 310 g/mol. The lowest BCUT2D eigenvalue weighted by Gasteiger charge is -2.25. The molecule has 0 spiro atoms. The Kier molecular flexibility index (Phi) is 5.27. The van der Waals surface area contributed by atoms with Crippen LogP contribution in [0.4, 0.5) is 5.69 Å². The van der Waals surface area contributed by atoms with E-state index in [1.54, 1.807) is 0 Å². The van der Waals surface area contributed by atoms with Crippen molar-refractivity contribution in [1.82, 2.24) is 4.90 Å². The molecule has 0 bridgehead atoms. The fourth-order valence-corrected chi connectivity index (χ4v) is 2.78. The molecule has 1 amide bonds. The Hall–Kier alpha value is -2.33. The van der Waals surface area contributed by atoms with Gasteiger partial charge in [-0.15, -0.1) is 0 Å². The van der Waals surface area contributed by atoms with Crippen molar-refractivity contribution in [3.05, 3.63) is 54.6 Å². The zero-order chi connectivity index (χ0) is 15.9. The predicted octanol–water partition coefficient (Wildman–Crippen LogP) is 3.90. The molecule has 0 saturated carbocycles. The fourth-order valence-electron chi connectivity index (χ4n) is 2.78. The number of para-hydroxylation sites is 1. The largest absolute Gasteiger partial charge is 0.457 e. The van der Waals surface area contributed by atoms with Crippen molar-refractivity contribution >= 4 is 11.6 Å². The van der Waals surface area contributed by atoms with Crippen molar-refractivity contribution in [1.29, 1.82) is 0 Å². The first-order valence-electron chi connectivity index (χ1n) is 8.15. The summed E-state index contributed by atoms with van der Waals surface area (Å²) in [4.78, 5) is 14.4. The molecule has 2 aromatic carbocycles. The highest BCUT2D eigenvalue weighted by atomic mass is 16.5. The summed E-state index contributed by atoms with van der Waals surface area (Å²) in [6.07, 6.45) is 3.65. The summed E-state index contributed by atoms with van der Waals surface area (Å²) in [7, 11) is 0. The van der Waals surface area contributed by atoms with E-state index in [0.717, 1.165) is 24.5 Å². The third-order valence-corrected chi connectivity index (χ3v) is 3.91. The minimum absolute atomic E-state index is 0.0313. The number of ether oxygens (including phenoxy) is 1. The molecule has 0 atom stereocenters. The minimum atomic E-state index is 0.0313. The number of hydrogen-bond acceptors (Lipinski definition) is 3. The highest BCUT2D eigenvalue weighted by molar-refractivity contribution is 5.92. The van der Waals surface area contributed by atoms with Crippen LogP contribution in [0.2, 0.25) is 0 Å². The summed E-state index contributed by atoms with van der Waals surface area (Å²) >= 11 is 0. The van der Waals surface area contributed by atoms with Gasteiger partial charge in [-0.05, 0) is 50.2 Å². The molecular formula is C19H22N2O2. The maximum Gasteiger partial charge on any atom is 0.238 e. The SMILES string of the molecule is O=C(CN1CCCCC1)Nc1cccc(Oc2ccccc2)c1. The van der Waals surface area contributed by atoms with E-state index in [-0.39, 0.29) is 5.91 Å². The Morgan fingerprint density at radius 2 is 1.70 bits per heavy atom. The Morgan fingerprint density at radius 1 is 0.957 bits per heavy atom. The molecule has 120 valence electrons. The van der Waals surface area contributed by atoms with Crippen LogP contribution in [0.5, 0.6) is 11.5 Å². The first kappa shape index (κ1) is 15.6. The van der Waals surface area contributed by atoms with Crippen LogP contribution in [-0.2, 0) is 4.79 Å². The zero-order valence-electron chi connectivity index (χ0n) is 13.2. The van der Waals surface area contributed by atoms with Gasteiger partial charge in [0.05, 0.1) is 6.54 Å². The van der Waals surface area contributed by atoms with Crippen LogP contribution in [0, 0.1) is 0 Å². The van der Waals surface area contributed by atoms with Crippen molar-refractivity contribution < 1.29 is 9.53 Å². The molecule has 1 fully saturated rings. The number of benzene rings is 2. The van der Waals surface area contributed by atoms with E-state index in [1.165, 1.54) is 19.3 Å². The Labute approximate surface area is 137 Å². The number of carbonyl (C=O) groups excluding carboxylic acids is 1. The van der Waals surface area contributed by atoms with Crippen LogP contribution in [0.25, 0.3) is 0 Å². The Balaban J connectivity index is 1.57. The van der Waals surface area contributed by atoms with Gasteiger partial charge in [-0.25, -0.2) is 0 Å². The molecule has 1 saturated heterocycles. The summed E-state index contributed by atoms with van der Waals surface area (Å²) in [6.45, 7) is 2.50. The lowest BCUT2D eigenvalue weighted by Crippen LogP contribution is -2.36. The van der Waals surface area contributed by atoms with Gasteiger partial charge in [0.25, 0.3) is 0 Å². The molecule has 23 heavy (non-hydrogen) atoms. The van der Waals surface area contributed by atoms with Crippen LogP contribution >= 0.6 is 0 Å². The number of piperidine rings is 1. The van der Waals surface area contributed by atoms with Gasteiger partial charge < -0.3 is 10.1 Å². The van der Waals surface area contributed by atoms with E-state index in [1.807, 2.05) is 54.6 Å². The van der Waals surface area contributed by atoms with E-state index < -0.39 is 0 Å². The first-order valence-corrected chi connectivity index (χ1v) is 8.15. The summed E-state index contributed by atoms with van der Waals surface area (Å²) < 4.78 is 5.79. The molecule has 1 aliphatic rings. The molecule has 0 unspecified atom stereocenters. The van der Waals surface area contributed by atoms with Gasteiger partial charge >= 0.3 is 0 Å². The number of likely N-dealkylation sites (tertiary alicyclic amines) is 1. The smallest absolute Gasteiger partial charge is 0.238 e. The van der Waals surface area contributed by atoms with Crippen LogP contribution in [0.3, 0.4) is 0 Å². The highest BCUT2D eigenvalue weighted by Crippen LogP contribution is 2.23. The summed E-state index contributed by atoms with van der Waals surface area (Å²) in [5.41, 5.74) is 0.764. The molecule has 1 heterocycles. The maximum atomic E-state index is 12.2. The number of rotatable bonds is 5. The van der Waals surface area contributed by atoms with Crippen molar-refractivity contribution in [3.63, 3.8) is 0 Å². The second kappa shape index (κ2) is 7.79. The van der Waals surface area contributed by atoms with Gasteiger partial charge in [0.1, 0.15) is 11.5 Å². The average molecular weight is 310 g/mol. The van der Waals surface area contributed by atoms with Crippen LogP contribution in [-0.4, -0.2) is 30.4 Å². The summed E-state index contributed by atoms with van der Waals surface area (Å²) in [5, 5.41) is 2.95. The van der Waals surface area contributed by atoms with Gasteiger partial charge in [-0.1, -0.05) is 30.7 Å². The van der Waals surface area contributed by atoms with Gasteiger partial charge in [0.2, 0.25) is 5.91 Å². The van der Waals surface area contributed by atoms with E-state index in [2.05, 4.69) is 10.2 Å². The molecule has 0 aromatic heterocycles. The van der Waals surface area contributed by atoms with Crippen molar-refractivity contribution in [2.24, 2.45) is 0 Å². The third-order valence-electron chi connectivity index (χ3n) is 3.91. The third kappa shape index (κ3) is 4.83. The van der Waals surface area contributed by atoms with Gasteiger partial charge in [0, 0.05) is 11.8 Å². The highest BCUT2D eigenvalue weighted by Gasteiger charge is 2.14. The maximum absolute atomic E-state index is 12.2. The molecular weight excluding hydrogens is 288 g/mol. The topological polar surface area (TPSA) is 41.6 Å². The number of nitrogens with zero attached hydrogens (tertiary/aromatic N) is 1. The summed E-state index contributed by atoms with van der Waals surface area (Å²) in [5.74, 6) is 1.53. The van der Waals surface area contributed by atoms with Gasteiger partial charge in [0.15, 0.2) is 0 Å². The van der Waals surface area contributed by atoms with Crippen LogP contribution < -0.4 is 10.1 Å². The fraction of sp³-hybridized carbons (Fsp3) is 0.316. The van der Waals surface area contributed by atoms with Crippen molar-refractivity contribution in [2.75, 3.05) is 25.0 Å². The summed E-state index contributed by atoms with van der Waals surface area (Å²) in [6, 6.07) is 17.1. The molecule has 1 aliphatic heterocycles. The van der Waals surface area contributed by atoms with E-state index in [9.17, 15) is 4.79 Å². The second-order valence-electron chi connectivity index (χ2n) is 5.83. The normalized spacial score (nSPS) is 15.1. The van der Waals surface area contributed by atoms with Gasteiger partial charge in [-0.2, -0.15) is 0 Å². The minimum Gasteiger partial charge on any atom is -0.457 e.